The molecule has 4 N–H and O–H groups in total. The standard InChI is InChI=1S/C13H22N4O/c1-13(2,3)11(14)12(18)16-9-6-4-5-8-7-15-17-10(8)9/h7,9,11H,4-6,14H2,1-3H3,(H,15,17)(H,16,18)/t9?,11-/m1/s1. The van der Waals surface area contributed by atoms with Crippen LogP contribution < -0.4 is 11.1 Å². The van der Waals surface area contributed by atoms with Gasteiger partial charge in [-0.3, -0.25) is 9.89 Å². The number of carbonyl (C=O) groups is 1. The molecule has 5 heteroatoms. The van der Waals surface area contributed by atoms with E-state index in [1.54, 1.807) is 0 Å². The Morgan fingerprint density at radius 1 is 1.61 bits per heavy atom. The van der Waals surface area contributed by atoms with Crippen molar-refractivity contribution >= 4 is 5.91 Å². The minimum atomic E-state index is -0.495. The van der Waals surface area contributed by atoms with Crippen molar-refractivity contribution in [1.29, 1.82) is 0 Å². The molecule has 0 radical (unpaired) electrons. The summed E-state index contributed by atoms with van der Waals surface area (Å²) < 4.78 is 0. The van der Waals surface area contributed by atoms with Crippen LogP contribution in [0.5, 0.6) is 0 Å². The first-order chi connectivity index (χ1) is 8.39. The minimum absolute atomic E-state index is 0.0251. The second kappa shape index (κ2) is 4.72. The minimum Gasteiger partial charge on any atom is -0.346 e. The maximum absolute atomic E-state index is 12.1. The van der Waals surface area contributed by atoms with Crippen molar-refractivity contribution in [2.45, 2.75) is 52.1 Å². The van der Waals surface area contributed by atoms with Gasteiger partial charge in [0.05, 0.1) is 24.0 Å². The Kier molecular flexibility index (Phi) is 3.43. The van der Waals surface area contributed by atoms with Gasteiger partial charge in [-0.05, 0) is 30.2 Å². The number of nitrogens with one attached hydrogen (secondary N) is 2. The van der Waals surface area contributed by atoms with Crippen molar-refractivity contribution in [2.75, 3.05) is 0 Å². The van der Waals surface area contributed by atoms with E-state index < -0.39 is 6.04 Å². The Morgan fingerprint density at radius 2 is 2.33 bits per heavy atom. The van der Waals surface area contributed by atoms with Crippen molar-refractivity contribution in [3.8, 4) is 0 Å². The monoisotopic (exact) mass is 250 g/mol. The van der Waals surface area contributed by atoms with Gasteiger partial charge in [0.25, 0.3) is 0 Å². The van der Waals surface area contributed by atoms with E-state index in [9.17, 15) is 4.79 Å². The number of aromatic nitrogens is 2. The predicted molar refractivity (Wildman–Crippen MR) is 69.8 cm³/mol. The Morgan fingerprint density at radius 3 is 3.00 bits per heavy atom. The molecule has 0 spiro atoms. The van der Waals surface area contributed by atoms with E-state index in [1.165, 1.54) is 5.56 Å². The number of hydrogen-bond donors (Lipinski definition) is 3. The summed E-state index contributed by atoms with van der Waals surface area (Å²) in [6.07, 6.45) is 4.89. The fraction of sp³-hybridized carbons (Fsp3) is 0.692. The summed E-state index contributed by atoms with van der Waals surface area (Å²) >= 11 is 0. The van der Waals surface area contributed by atoms with Crippen LogP contribution in [-0.4, -0.2) is 22.1 Å². The zero-order chi connectivity index (χ0) is 13.3. The number of carbonyl (C=O) groups excluding carboxylic acids is 1. The molecule has 1 aromatic rings. The van der Waals surface area contributed by atoms with E-state index in [0.29, 0.717) is 0 Å². The molecule has 0 aliphatic heterocycles. The van der Waals surface area contributed by atoms with Crippen molar-refractivity contribution in [3.63, 3.8) is 0 Å². The van der Waals surface area contributed by atoms with Crippen molar-refractivity contribution in [3.05, 3.63) is 17.5 Å². The Hall–Kier alpha value is -1.36. The molecular weight excluding hydrogens is 228 g/mol. The van der Waals surface area contributed by atoms with Crippen LogP contribution in [0.15, 0.2) is 6.20 Å². The molecule has 0 bridgehead atoms. The average molecular weight is 250 g/mol. The second-order valence-corrected chi connectivity index (χ2v) is 6.11. The lowest BCUT2D eigenvalue weighted by Crippen LogP contribution is -2.49. The van der Waals surface area contributed by atoms with E-state index in [-0.39, 0.29) is 17.4 Å². The normalized spacial score (nSPS) is 21.2. The van der Waals surface area contributed by atoms with Gasteiger partial charge in [0, 0.05) is 0 Å². The number of amides is 1. The topological polar surface area (TPSA) is 83.8 Å². The lowest BCUT2D eigenvalue weighted by molar-refractivity contribution is -0.125. The number of H-pyrrole nitrogens is 1. The van der Waals surface area contributed by atoms with Crippen LogP contribution in [0.4, 0.5) is 0 Å². The molecule has 1 amide bonds. The van der Waals surface area contributed by atoms with Crippen LogP contribution in [0.25, 0.3) is 0 Å². The molecule has 2 rings (SSSR count). The fourth-order valence-corrected chi connectivity index (χ4v) is 2.26. The highest BCUT2D eigenvalue weighted by atomic mass is 16.2. The van der Waals surface area contributed by atoms with Crippen molar-refractivity contribution < 1.29 is 4.79 Å². The summed E-state index contributed by atoms with van der Waals surface area (Å²) in [6, 6.07) is -0.469. The molecule has 0 saturated carbocycles. The molecule has 1 aromatic heterocycles. The molecule has 1 heterocycles. The van der Waals surface area contributed by atoms with E-state index >= 15 is 0 Å². The van der Waals surface area contributed by atoms with Crippen LogP contribution in [0.1, 0.15) is 50.9 Å². The zero-order valence-electron chi connectivity index (χ0n) is 11.3. The Labute approximate surface area is 108 Å². The maximum Gasteiger partial charge on any atom is 0.237 e. The predicted octanol–water partition coefficient (Wildman–Crippen LogP) is 1.28. The molecule has 1 unspecified atom stereocenters. The molecule has 18 heavy (non-hydrogen) atoms. The van der Waals surface area contributed by atoms with Crippen LogP contribution >= 0.6 is 0 Å². The number of aryl methyl sites for hydroxylation is 1. The summed E-state index contributed by atoms with van der Waals surface area (Å²) in [5, 5.41) is 10.1. The molecule has 0 fully saturated rings. The summed E-state index contributed by atoms with van der Waals surface area (Å²) in [5.74, 6) is -0.0880. The number of aromatic amines is 1. The molecule has 0 saturated heterocycles. The van der Waals surface area contributed by atoms with Gasteiger partial charge in [-0.15, -0.1) is 0 Å². The molecule has 100 valence electrons. The molecule has 1 aliphatic carbocycles. The van der Waals surface area contributed by atoms with Crippen molar-refractivity contribution in [1.82, 2.24) is 15.5 Å². The van der Waals surface area contributed by atoms with Gasteiger partial charge in [0.2, 0.25) is 5.91 Å². The lowest BCUT2D eigenvalue weighted by Gasteiger charge is -2.29. The van der Waals surface area contributed by atoms with Crippen LogP contribution in [0.3, 0.4) is 0 Å². The number of nitrogens with two attached hydrogens (primary N) is 1. The third-order valence-electron chi connectivity index (χ3n) is 3.57. The quantitative estimate of drug-likeness (QED) is 0.739. The highest BCUT2D eigenvalue weighted by molar-refractivity contribution is 5.82. The summed E-state index contributed by atoms with van der Waals surface area (Å²) in [7, 11) is 0. The molecule has 5 nitrogen and oxygen atoms in total. The highest BCUT2D eigenvalue weighted by Gasteiger charge is 2.31. The third-order valence-corrected chi connectivity index (χ3v) is 3.57. The van der Waals surface area contributed by atoms with Gasteiger partial charge in [-0.25, -0.2) is 0 Å². The Balaban J connectivity index is 2.06. The van der Waals surface area contributed by atoms with Crippen LogP contribution in [-0.2, 0) is 11.2 Å². The number of fused-ring (bicyclic) bond motifs is 1. The summed E-state index contributed by atoms with van der Waals surface area (Å²) in [6.45, 7) is 5.92. The average Bonchev–Trinajstić information content (AvgIpc) is 2.75. The molecular formula is C13H22N4O. The number of hydrogen-bond acceptors (Lipinski definition) is 3. The van der Waals surface area contributed by atoms with E-state index in [0.717, 1.165) is 25.0 Å². The van der Waals surface area contributed by atoms with Crippen molar-refractivity contribution in [2.24, 2.45) is 11.1 Å². The largest absolute Gasteiger partial charge is 0.346 e. The van der Waals surface area contributed by atoms with E-state index in [2.05, 4.69) is 15.5 Å². The first-order valence-corrected chi connectivity index (χ1v) is 6.47. The van der Waals surface area contributed by atoms with Gasteiger partial charge in [-0.1, -0.05) is 20.8 Å². The third kappa shape index (κ3) is 2.56. The van der Waals surface area contributed by atoms with Gasteiger partial charge < -0.3 is 11.1 Å². The zero-order valence-corrected chi connectivity index (χ0v) is 11.3. The van der Waals surface area contributed by atoms with E-state index in [1.807, 2.05) is 27.0 Å². The van der Waals surface area contributed by atoms with Crippen LogP contribution in [0.2, 0.25) is 0 Å². The van der Waals surface area contributed by atoms with E-state index in [4.69, 9.17) is 5.73 Å². The number of nitrogens with zero attached hydrogens (tertiary/aromatic N) is 1. The maximum atomic E-state index is 12.1. The first kappa shape index (κ1) is 13.1. The van der Waals surface area contributed by atoms with Gasteiger partial charge >= 0.3 is 0 Å². The lowest BCUT2D eigenvalue weighted by atomic mass is 9.86. The summed E-state index contributed by atoms with van der Waals surface area (Å²) in [5.41, 5.74) is 7.98. The highest BCUT2D eigenvalue weighted by Crippen LogP contribution is 2.28. The summed E-state index contributed by atoms with van der Waals surface area (Å²) in [4.78, 5) is 12.1. The van der Waals surface area contributed by atoms with Crippen LogP contribution in [0, 0.1) is 5.41 Å². The van der Waals surface area contributed by atoms with Gasteiger partial charge in [0.1, 0.15) is 0 Å². The second-order valence-electron chi connectivity index (χ2n) is 6.11. The molecule has 2 atom stereocenters. The fourth-order valence-electron chi connectivity index (χ4n) is 2.26. The first-order valence-electron chi connectivity index (χ1n) is 6.47. The SMILES string of the molecule is CC(C)(C)[C@H](N)C(=O)NC1CCCc2cn[nH]c21. The number of rotatable bonds is 2. The van der Waals surface area contributed by atoms with Gasteiger partial charge in [0.15, 0.2) is 0 Å². The Bertz CT molecular complexity index is 432. The molecule has 0 aromatic carbocycles. The smallest absolute Gasteiger partial charge is 0.237 e. The molecule has 1 aliphatic rings. The van der Waals surface area contributed by atoms with Gasteiger partial charge in [-0.2, -0.15) is 5.10 Å².